The van der Waals surface area contributed by atoms with Crippen molar-refractivity contribution in [3.8, 4) is 0 Å². The van der Waals surface area contributed by atoms with Gasteiger partial charge in [0.2, 0.25) is 0 Å². The van der Waals surface area contributed by atoms with E-state index in [2.05, 4.69) is 19.8 Å². The Morgan fingerprint density at radius 1 is 0.966 bits per heavy atom. The minimum atomic E-state index is -0.482. The van der Waals surface area contributed by atoms with Crippen LogP contribution >= 0.6 is 0 Å². The number of piperazine rings is 1. The highest BCUT2D eigenvalue weighted by Gasteiger charge is 2.25. The van der Waals surface area contributed by atoms with E-state index in [1.165, 1.54) is 25.0 Å². The molecule has 3 heterocycles. The Labute approximate surface area is 169 Å². The summed E-state index contributed by atoms with van der Waals surface area (Å²) in [5.41, 5.74) is 0.280. The zero-order valence-corrected chi connectivity index (χ0v) is 16.5. The molecule has 0 bridgehead atoms. The monoisotopic (exact) mass is 396 g/mol. The number of non-ortho nitro benzene ring substituents is 1. The Hall–Kier alpha value is -3.23. The Morgan fingerprint density at radius 2 is 1.59 bits per heavy atom. The maximum absolute atomic E-state index is 12.8. The van der Waals surface area contributed by atoms with E-state index in [0.29, 0.717) is 31.7 Å². The predicted molar refractivity (Wildman–Crippen MR) is 109 cm³/mol. The van der Waals surface area contributed by atoms with Crippen LogP contribution in [-0.2, 0) is 0 Å². The number of nitrogens with zero attached hydrogens (tertiary/aromatic N) is 6. The molecule has 2 aliphatic rings. The summed E-state index contributed by atoms with van der Waals surface area (Å²) >= 11 is 0. The first kappa shape index (κ1) is 19.1. The van der Waals surface area contributed by atoms with Crippen LogP contribution in [0.3, 0.4) is 0 Å². The molecule has 0 radical (unpaired) electrons. The Kier molecular flexibility index (Phi) is 5.28. The first-order valence-electron chi connectivity index (χ1n) is 9.90. The number of aryl methyl sites for hydroxylation is 1. The fourth-order valence-electron chi connectivity index (χ4n) is 3.88. The van der Waals surface area contributed by atoms with Gasteiger partial charge in [-0.25, -0.2) is 9.97 Å². The lowest BCUT2D eigenvalue weighted by Crippen LogP contribution is -2.49. The van der Waals surface area contributed by atoms with E-state index in [-0.39, 0.29) is 11.6 Å². The minimum Gasteiger partial charge on any atom is -0.356 e. The lowest BCUT2D eigenvalue weighted by molar-refractivity contribution is -0.384. The Balaban J connectivity index is 1.43. The number of nitro benzene ring substituents is 1. The third kappa shape index (κ3) is 4.13. The highest BCUT2D eigenvalue weighted by atomic mass is 16.6. The molecule has 0 atom stereocenters. The number of hydrogen-bond donors (Lipinski definition) is 0. The normalized spacial score (nSPS) is 16.9. The van der Waals surface area contributed by atoms with Gasteiger partial charge in [-0.05, 0) is 25.8 Å². The number of amides is 1. The van der Waals surface area contributed by atoms with E-state index in [9.17, 15) is 14.9 Å². The van der Waals surface area contributed by atoms with Gasteiger partial charge in [-0.3, -0.25) is 14.9 Å². The van der Waals surface area contributed by atoms with E-state index < -0.39 is 4.92 Å². The molecule has 0 N–H and O–H groups in total. The number of anilines is 2. The van der Waals surface area contributed by atoms with Gasteiger partial charge in [0, 0.05) is 63.0 Å². The zero-order chi connectivity index (χ0) is 20.4. The van der Waals surface area contributed by atoms with Crippen LogP contribution in [0.4, 0.5) is 17.3 Å². The number of benzene rings is 1. The summed E-state index contributed by atoms with van der Waals surface area (Å²) in [6.07, 6.45) is 2.38. The minimum absolute atomic E-state index is 0.0691. The smallest absolute Gasteiger partial charge is 0.270 e. The standard InChI is InChI=1S/C20H24N6O3/c1-15-21-18(23-7-2-3-8-23)14-19(22-15)24-9-11-25(12-10-24)20(27)16-5-4-6-17(13-16)26(28)29/h4-6,13-14H,2-3,7-12H2,1H3. The molecule has 9 nitrogen and oxygen atoms in total. The molecule has 1 amide bonds. The highest BCUT2D eigenvalue weighted by Crippen LogP contribution is 2.24. The molecular formula is C20H24N6O3. The molecule has 9 heteroatoms. The molecule has 2 fully saturated rings. The first-order chi connectivity index (χ1) is 14.0. The quantitative estimate of drug-likeness (QED) is 0.578. The van der Waals surface area contributed by atoms with Gasteiger partial charge in [-0.2, -0.15) is 0 Å². The second-order valence-corrected chi connectivity index (χ2v) is 7.41. The maximum atomic E-state index is 12.8. The van der Waals surface area contributed by atoms with Crippen LogP contribution in [0.1, 0.15) is 29.0 Å². The van der Waals surface area contributed by atoms with Gasteiger partial charge >= 0.3 is 0 Å². The molecule has 2 saturated heterocycles. The topological polar surface area (TPSA) is 95.7 Å². The number of hydrogen-bond acceptors (Lipinski definition) is 7. The molecule has 0 unspecified atom stereocenters. The lowest BCUT2D eigenvalue weighted by Gasteiger charge is -2.35. The van der Waals surface area contributed by atoms with E-state index in [1.54, 1.807) is 17.0 Å². The average molecular weight is 396 g/mol. The SMILES string of the molecule is Cc1nc(N2CCCC2)cc(N2CCN(C(=O)c3cccc([N+](=O)[O-])c3)CC2)n1. The number of aromatic nitrogens is 2. The molecule has 152 valence electrons. The maximum Gasteiger partial charge on any atom is 0.270 e. The van der Waals surface area contributed by atoms with E-state index in [1.807, 2.05) is 13.0 Å². The molecule has 0 saturated carbocycles. The van der Waals surface area contributed by atoms with Crippen molar-refractivity contribution in [2.45, 2.75) is 19.8 Å². The Morgan fingerprint density at radius 3 is 2.21 bits per heavy atom. The number of carbonyl (C=O) groups excluding carboxylic acids is 1. The van der Waals surface area contributed by atoms with Crippen molar-refractivity contribution in [3.05, 3.63) is 51.8 Å². The summed E-state index contributed by atoms with van der Waals surface area (Å²) in [5.74, 6) is 2.44. The summed E-state index contributed by atoms with van der Waals surface area (Å²) in [6.45, 7) is 6.38. The second-order valence-electron chi connectivity index (χ2n) is 7.41. The summed E-state index contributed by atoms with van der Waals surface area (Å²) in [6, 6.07) is 7.94. The summed E-state index contributed by atoms with van der Waals surface area (Å²) in [4.78, 5) is 38.6. The van der Waals surface area contributed by atoms with Gasteiger partial charge in [0.1, 0.15) is 17.5 Å². The summed E-state index contributed by atoms with van der Waals surface area (Å²) < 4.78 is 0. The fraction of sp³-hybridized carbons (Fsp3) is 0.450. The van der Waals surface area contributed by atoms with E-state index in [0.717, 1.165) is 30.5 Å². The van der Waals surface area contributed by atoms with Gasteiger partial charge < -0.3 is 14.7 Å². The van der Waals surface area contributed by atoms with Crippen molar-refractivity contribution in [1.82, 2.24) is 14.9 Å². The molecule has 2 aromatic rings. The van der Waals surface area contributed by atoms with Crippen LogP contribution in [0.5, 0.6) is 0 Å². The van der Waals surface area contributed by atoms with Gasteiger partial charge in [-0.15, -0.1) is 0 Å². The highest BCUT2D eigenvalue weighted by molar-refractivity contribution is 5.95. The average Bonchev–Trinajstić information content (AvgIpc) is 3.28. The summed E-state index contributed by atoms with van der Waals surface area (Å²) in [5, 5.41) is 11.0. The zero-order valence-electron chi connectivity index (χ0n) is 16.5. The molecule has 2 aliphatic heterocycles. The van der Waals surface area contributed by atoms with Crippen LogP contribution in [0, 0.1) is 17.0 Å². The van der Waals surface area contributed by atoms with Crippen molar-refractivity contribution in [2.75, 3.05) is 49.1 Å². The van der Waals surface area contributed by atoms with Crippen molar-refractivity contribution in [1.29, 1.82) is 0 Å². The van der Waals surface area contributed by atoms with Gasteiger partial charge in [-0.1, -0.05) is 6.07 Å². The van der Waals surface area contributed by atoms with Crippen molar-refractivity contribution in [3.63, 3.8) is 0 Å². The van der Waals surface area contributed by atoms with Crippen LogP contribution in [0.25, 0.3) is 0 Å². The van der Waals surface area contributed by atoms with Crippen molar-refractivity contribution < 1.29 is 9.72 Å². The van der Waals surface area contributed by atoms with E-state index >= 15 is 0 Å². The van der Waals surface area contributed by atoms with Crippen LogP contribution in [-0.4, -0.2) is 65.0 Å². The van der Waals surface area contributed by atoms with Crippen LogP contribution in [0.2, 0.25) is 0 Å². The molecule has 4 rings (SSSR count). The number of nitro groups is 1. The molecule has 29 heavy (non-hydrogen) atoms. The van der Waals surface area contributed by atoms with Crippen LogP contribution in [0.15, 0.2) is 30.3 Å². The molecule has 0 spiro atoms. The van der Waals surface area contributed by atoms with Gasteiger partial charge in [0.25, 0.3) is 11.6 Å². The third-order valence-corrected chi connectivity index (χ3v) is 5.44. The fourth-order valence-corrected chi connectivity index (χ4v) is 3.88. The first-order valence-corrected chi connectivity index (χ1v) is 9.90. The van der Waals surface area contributed by atoms with E-state index in [4.69, 9.17) is 0 Å². The van der Waals surface area contributed by atoms with Crippen LogP contribution < -0.4 is 9.80 Å². The van der Waals surface area contributed by atoms with Crippen molar-refractivity contribution >= 4 is 23.2 Å². The third-order valence-electron chi connectivity index (χ3n) is 5.44. The second kappa shape index (κ2) is 8.02. The van der Waals surface area contributed by atoms with Crippen molar-refractivity contribution in [2.24, 2.45) is 0 Å². The number of carbonyl (C=O) groups is 1. The van der Waals surface area contributed by atoms with Gasteiger partial charge in [0.15, 0.2) is 0 Å². The molecule has 1 aromatic heterocycles. The molecular weight excluding hydrogens is 372 g/mol. The largest absolute Gasteiger partial charge is 0.356 e. The summed E-state index contributed by atoms with van der Waals surface area (Å²) in [7, 11) is 0. The van der Waals surface area contributed by atoms with Gasteiger partial charge in [0.05, 0.1) is 4.92 Å². The predicted octanol–water partition coefficient (Wildman–Crippen LogP) is 2.26. The molecule has 0 aliphatic carbocycles. The number of rotatable bonds is 4. The molecule has 1 aromatic carbocycles. The Bertz CT molecular complexity index is 920. The lowest BCUT2D eigenvalue weighted by atomic mass is 10.1.